The summed E-state index contributed by atoms with van der Waals surface area (Å²) in [6.45, 7) is 4.08. The van der Waals surface area contributed by atoms with Gasteiger partial charge in [-0.05, 0) is 31.9 Å². The van der Waals surface area contributed by atoms with E-state index in [1.165, 1.54) is 31.2 Å². The molecule has 21 heavy (non-hydrogen) atoms. The first-order valence-electron chi connectivity index (χ1n) is 7.80. The molecule has 0 aliphatic heterocycles. The lowest BCUT2D eigenvalue weighted by Crippen LogP contribution is -2.38. The summed E-state index contributed by atoms with van der Waals surface area (Å²) in [7, 11) is 0. The van der Waals surface area contributed by atoms with Crippen LogP contribution in [0.15, 0.2) is 24.3 Å². The molecule has 1 aromatic carbocycles. The molecule has 1 aromatic rings. The number of nitrogens with zero attached hydrogens (tertiary/aromatic N) is 1. The zero-order chi connectivity index (χ0) is 15.1. The fourth-order valence-electron chi connectivity index (χ4n) is 2.90. The Morgan fingerprint density at radius 1 is 1.24 bits per heavy atom. The Hall–Kier alpha value is -1.55. The first-order chi connectivity index (χ1) is 10.1. The number of rotatable bonds is 8. The van der Waals surface area contributed by atoms with Gasteiger partial charge in [-0.25, -0.2) is 0 Å². The SMILES string of the molecule is Cc1ccc(OCCN(CCC(=O)O)C2CCCC2)cc1. The van der Waals surface area contributed by atoms with Gasteiger partial charge >= 0.3 is 5.97 Å². The van der Waals surface area contributed by atoms with Crippen molar-refractivity contribution in [1.82, 2.24) is 4.90 Å². The largest absolute Gasteiger partial charge is 0.492 e. The van der Waals surface area contributed by atoms with Crippen LogP contribution in [-0.4, -0.2) is 41.7 Å². The smallest absolute Gasteiger partial charge is 0.304 e. The van der Waals surface area contributed by atoms with Crippen molar-refractivity contribution in [1.29, 1.82) is 0 Å². The molecule has 1 saturated carbocycles. The van der Waals surface area contributed by atoms with Crippen LogP contribution in [0.25, 0.3) is 0 Å². The second kappa shape index (κ2) is 8.03. The van der Waals surface area contributed by atoms with Crippen molar-refractivity contribution in [2.45, 2.75) is 45.1 Å². The van der Waals surface area contributed by atoms with Crippen LogP contribution in [0.1, 0.15) is 37.7 Å². The second-order valence-electron chi connectivity index (χ2n) is 5.78. The van der Waals surface area contributed by atoms with Gasteiger partial charge in [0.25, 0.3) is 0 Å². The molecule has 0 heterocycles. The fraction of sp³-hybridized carbons (Fsp3) is 0.588. The number of ether oxygens (including phenoxy) is 1. The maximum Gasteiger partial charge on any atom is 0.304 e. The average Bonchev–Trinajstić information content (AvgIpc) is 2.98. The predicted octanol–water partition coefficient (Wildman–Crippen LogP) is 3.09. The summed E-state index contributed by atoms with van der Waals surface area (Å²) in [6, 6.07) is 8.56. The van der Waals surface area contributed by atoms with Gasteiger partial charge in [-0.2, -0.15) is 0 Å². The Morgan fingerprint density at radius 2 is 1.90 bits per heavy atom. The van der Waals surface area contributed by atoms with Crippen molar-refractivity contribution >= 4 is 5.97 Å². The van der Waals surface area contributed by atoms with Crippen LogP contribution in [0.5, 0.6) is 5.75 Å². The lowest BCUT2D eigenvalue weighted by atomic mass is 10.2. The first-order valence-corrected chi connectivity index (χ1v) is 7.80. The van der Waals surface area contributed by atoms with Crippen molar-refractivity contribution in [2.75, 3.05) is 19.7 Å². The Labute approximate surface area is 126 Å². The maximum absolute atomic E-state index is 10.8. The zero-order valence-electron chi connectivity index (χ0n) is 12.8. The third-order valence-corrected chi connectivity index (χ3v) is 4.12. The zero-order valence-corrected chi connectivity index (χ0v) is 12.8. The molecule has 1 fully saturated rings. The van der Waals surface area contributed by atoms with E-state index in [9.17, 15) is 4.79 Å². The molecule has 1 aliphatic rings. The van der Waals surface area contributed by atoms with Gasteiger partial charge in [0.2, 0.25) is 0 Å². The number of aliphatic carboxylic acids is 1. The Bertz CT molecular complexity index is 438. The molecule has 2 rings (SSSR count). The molecular weight excluding hydrogens is 266 g/mol. The van der Waals surface area contributed by atoms with Crippen LogP contribution in [0.2, 0.25) is 0 Å². The molecule has 0 atom stereocenters. The van der Waals surface area contributed by atoms with E-state index in [1.807, 2.05) is 24.3 Å². The van der Waals surface area contributed by atoms with Gasteiger partial charge < -0.3 is 9.84 Å². The molecular formula is C17H25NO3. The van der Waals surface area contributed by atoms with Crippen LogP contribution in [-0.2, 0) is 4.79 Å². The molecule has 4 nitrogen and oxygen atoms in total. The van der Waals surface area contributed by atoms with Gasteiger partial charge in [0.15, 0.2) is 0 Å². The highest BCUT2D eigenvalue weighted by Crippen LogP contribution is 2.23. The van der Waals surface area contributed by atoms with Gasteiger partial charge in [-0.15, -0.1) is 0 Å². The fourth-order valence-corrected chi connectivity index (χ4v) is 2.90. The van der Waals surface area contributed by atoms with E-state index in [0.717, 1.165) is 12.3 Å². The summed E-state index contributed by atoms with van der Waals surface area (Å²) >= 11 is 0. The minimum absolute atomic E-state index is 0.209. The quantitative estimate of drug-likeness (QED) is 0.799. The summed E-state index contributed by atoms with van der Waals surface area (Å²) in [5.41, 5.74) is 1.22. The monoisotopic (exact) mass is 291 g/mol. The average molecular weight is 291 g/mol. The molecule has 1 N–H and O–H groups in total. The summed E-state index contributed by atoms with van der Waals surface area (Å²) < 4.78 is 5.77. The van der Waals surface area contributed by atoms with Gasteiger partial charge in [0.1, 0.15) is 12.4 Å². The van der Waals surface area contributed by atoms with Gasteiger partial charge in [-0.1, -0.05) is 30.5 Å². The first kappa shape index (κ1) is 15.8. The van der Waals surface area contributed by atoms with Gasteiger partial charge in [0, 0.05) is 19.1 Å². The standard InChI is InChI=1S/C17H25NO3/c1-14-6-8-16(9-7-14)21-13-12-18(11-10-17(19)20)15-4-2-3-5-15/h6-9,15H,2-5,10-13H2,1H3,(H,19,20). The van der Waals surface area contributed by atoms with Gasteiger partial charge in [-0.3, -0.25) is 9.69 Å². The number of hydrogen-bond donors (Lipinski definition) is 1. The van der Waals surface area contributed by atoms with Crippen molar-refractivity contribution in [2.24, 2.45) is 0 Å². The summed E-state index contributed by atoms with van der Waals surface area (Å²) in [4.78, 5) is 13.1. The van der Waals surface area contributed by atoms with E-state index in [-0.39, 0.29) is 6.42 Å². The van der Waals surface area contributed by atoms with E-state index in [4.69, 9.17) is 9.84 Å². The van der Waals surface area contributed by atoms with Crippen LogP contribution in [0, 0.1) is 6.92 Å². The molecule has 0 bridgehead atoms. The number of benzene rings is 1. The predicted molar refractivity (Wildman–Crippen MR) is 82.8 cm³/mol. The Kier molecular flexibility index (Phi) is 6.05. The van der Waals surface area contributed by atoms with E-state index in [1.54, 1.807) is 0 Å². The van der Waals surface area contributed by atoms with Crippen LogP contribution in [0.3, 0.4) is 0 Å². The van der Waals surface area contributed by atoms with Crippen molar-refractivity contribution in [3.8, 4) is 5.75 Å². The maximum atomic E-state index is 10.8. The minimum atomic E-state index is -0.725. The number of hydrogen-bond acceptors (Lipinski definition) is 3. The van der Waals surface area contributed by atoms with Crippen LogP contribution < -0.4 is 4.74 Å². The summed E-state index contributed by atoms with van der Waals surface area (Å²) in [6.07, 6.45) is 5.09. The third kappa shape index (κ3) is 5.38. The van der Waals surface area contributed by atoms with Crippen LogP contribution >= 0.6 is 0 Å². The topological polar surface area (TPSA) is 49.8 Å². The Morgan fingerprint density at radius 3 is 2.52 bits per heavy atom. The lowest BCUT2D eigenvalue weighted by Gasteiger charge is -2.28. The summed E-state index contributed by atoms with van der Waals surface area (Å²) in [5.74, 6) is 0.155. The molecule has 4 heteroatoms. The lowest BCUT2D eigenvalue weighted by molar-refractivity contribution is -0.137. The van der Waals surface area contributed by atoms with E-state index >= 15 is 0 Å². The molecule has 0 amide bonds. The highest BCUT2D eigenvalue weighted by Gasteiger charge is 2.22. The third-order valence-electron chi connectivity index (χ3n) is 4.12. The molecule has 0 saturated heterocycles. The minimum Gasteiger partial charge on any atom is -0.492 e. The Balaban J connectivity index is 1.80. The van der Waals surface area contributed by atoms with E-state index < -0.39 is 5.97 Å². The number of carboxylic acids is 1. The van der Waals surface area contributed by atoms with E-state index in [0.29, 0.717) is 19.2 Å². The molecule has 0 unspecified atom stereocenters. The molecule has 0 radical (unpaired) electrons. The van der Waals surface area contributed by atoms with Crippen molar-refractivity contribution < 1.29 is 14.6 Å². The van der Waals surface area contributed by atoms with Gasteiger partial charge in [0.05, 0.1) is 6.42 Å². The van der Waals surface area contributed by atoms with E-state index in [2.05, 4.69) is 11.8 Å². The summed E-state index contributed by atoms with van der Waals surface area (Å²) in [5, 5.41) is 8.88. The molecule has 0 spiro atoms. The number of carbonyl (C=O) groups is 1. The number of aryl methyl sites for hydroxylation is 1. The highest BCUT2D eigenvalue weighted by atomic mass is 16.5. The highest BCUT2D eigenvalue weighted by molar-refractivity contribution is 5.66. The molecule has 1 aliphatic carbocycles. The van der Waals surface area contributed by atoms with Crippen molar-refractivity contribution in [3.63, 3.8) is 0 Å². The number of carboxylic acid groups (broad SMARTS) is 1. The second-order valence-corrected chi connectivity index (χ2v) is 5.78. The normalized spacial score (nSPS) is 15.5. The van der Waals surface area contributed by atoms with Crippen molar-refractivity contribution in [3.05, 3.63) is 29.8 Å². The molecule has 116 valence electrons. The molecule has 0 aromatic heterocycles. The van der Waals surface area contributed by atoms with Crippen LogP contribution in [0.4, 0.5) is 0 Å².